The lowest BCUT2D eigenvalue weighted by molar-refractivity contribution is 0.101. The summed E-state index contributed by atoms with van der Waals surface area (Å²) in [6.45, 7) is 0. The average Bonchev–Trinajstić information content (AvgIpc) is 2.82. The van der Waals surface area contributed by atoms with E-state index in [0.29, 0.717) is 11.4 Å². The summed E-state index contributed by atoms with van der Waals surface area (Å²) in [4.78, 5) is 15.4. The van der Waals surface area contributed by atoms with Crippen molar-refractivity contribution in [2.75, 3.05) is 12.4 Å². The van der Waals surface area contributed by atoms with Crippen molar-refractivity contribution in [1.29, 1.82) is 0 Å². The third-order valence-corrected chi connectivity index (χ3v) is 2.66. The summed E-state index contributed by atoms with van der Waals surface area (Å²) in [7, 11) is 1.58. The van der Waals surface area contributed by atoms with Gasteiger partial charge in [-0.15, -0.1) is 0 Å². The molecule has 1 heterocycles. The molecule has 0 aliphatic rings. The molecule has 0 saturated carbocycles. The van der Waals surface area contributed by atoms with Gasteiger partial charge in [-0.2, -0.15) is 5.10 Å². The highest BCUT2D eigenvalue weighted by atomic mass is 79.9. The van der Waals surface area contributed by atoms with Gasteiger partial charge in [-0.25, -0.2) is 4.98 Å². The van der Waals surface area contributed by atoms with Crippen LogP contribution in [0.15, 0.2) is 29.0 Å². The van der Waals surface area contributed by atoms with Gasteiger partial charge in [0.1, 0.15) is 12.1 Å². The molecule has 0 fully saturated rings. The smallest absolute Gasteiger partial charge is 0.292 e. The second-order valence-electron chi connectivity index (χ2n) is 3.14. The van der Waals surface area contributed by atoms with Gasteiger partial charge >= 0.3 is 0 Å². The highest BCUT2D eigenvalue weighted by Gasteiger charge is 2.09. The number of methoxy groups -OCH3 is 1. The monoisotopic (exact) mass is 296 g/mol. The average molecular weight is 297 g/mol. The standard InChI is InChI=1S/C10H9BrN4O2/c1-17-8-3-2-6(4-7(8)11)14-10(16)9-12-5-13-15-9/h2-5H,1H3,(H,14,16)(H,12,13,15). The van der Waals surface area contributed by atoms with Crippen molar-refractivity contribution < 1.29 is 9.53 Å². The number of amides is 1. The summed E-state index contributed by atoms with van der Waals surface area (Å²) < 4.78 is 5.85. The number of aromatic nitrogens is 3. The summed E-state index contributed by atoms with van der Waals surface area (Å²) in [5.74, 6) is 0.513. The van der Waals surface area contributed by atoms with Crippen LogP contribution in [0, 0.1) is 0 Å². The van der Waals surface area contributed by atoms with E-state index in [0.717, 1.165) is 4.47 Å². The topological polar surface area (TPSA) is 79.9 Å². The molecule has 6 nitrogen and oxygen atoms in total. The predicted molar refractivity (Wildman–Crippen MR) is 65.0 cm³/mol. The first-order valence-corrected chi connectivity index (χ1v) is 5.50. The Kier molecular flexibility index (Phi) is 3.38. The number of rotatable bonds is 3. The SMILES string of the molecule is COc1ccc(NC(=O)c2ncn[nH]2)cc1Br. The van der Waals surface area contributed by atoms with Gasteiger partial charge in [0, 0.05) is 5.69 Å². The van der Waals surface area contributed by atoms with Crippen LogP contribution in [0.5, 0.6) is 5.75 Å². The minimum Gasteiger partial charge on any atom is -0.496 e. The Morgan fingerprint density at radius 2 is 2.35 bits per heavy atom. The normalized spacial score (nSPS) is 10.0. The fraction of sp³-hybridized carbons (Fsp3) is 0.100. The number of nitrogens with one attached hydrogen (secondary N) is 2. The van der Waals surface area contributed by atoms with Gasteiger partial charge in [0.2, 0.25) is 5.82 Å². The Bertz CT molecular complexity index is 527. The molecule has 2 N–H and O–H groups in total. The first-order chi connectivity index (χ1) is 8.20. The molecule has 88 valence electrons. The van der Waals surface area contributed by atoms with Gasteiger partial charge in [0.15, 0.2) is 0 Å². The maximum absolute atomic E-state index is 11.6. The Hall–Kier alpha value is -1.89. The third-order valence-electron chi connectivity index (χ3n) is 2.04. The Labute approximate surface area is 106 Å². The highest BCUT2D eigenvalue weighted by molar-refractivity contribution is 9.10. The Balaban J connectivity index is 2.14. The summed E-state index contributed by atoms with van der Waals surface area (Å²) >= 11 is 3.33. The van der Waals surface area contributed by atoms with Crippen molar-refractivity contribution in [3.05, 3.63) is 34.8 Å². The summed E-state index contributed by atoms with van der Waals surface area (Å²) in [6.07, 6.45) is 1.28. The predicted octanol–water partition coefficient (Wildman–Crippen LogP) is 1.83. The molecule has 2 aromatic rings. The van der Waals surface area contributed by atoms with Crippen LogP contribution < -0.4 is 10.1 Å². The van der Waals surface area contributed by atoms with E-state index in [1.54, 1.807) is 25.3 Å². The van der Waals surface area contributed by atoms with E-state index in [-0.39, 0.29) is 11.7 Å². The molecule has 0 radical (unpaired) electrons. The molecule has 0 bridgehead atoms. The molecule has 0 unspecified atom stereocenters. The molecule has 0 aliphatic heterocycles. The first-order valence-electron chi connectivity index (χ1n) is 4.71. The molecule has 7 heteroatoms. The lowest BCUT2D eigenvalue weighted by Crippen LogP contribution is -2.13. The number of aromatic amines is 1. The molecule has 1 aromatic heterocycles. The van der Waals surface area contributed by atoms with Gasteiger partial charge in [-0.1, -0.05) is 0 Å². The van der Waals surface area contributed by atoms with Crippen LogP contribution in [0.1, 0.15) is 10.6 Å². The van der Waals surface area contributed by atoms with E-state index < -0.39 is 0 Å². The number of carbonyl (C=O) groups excluding carboxylic acids is 1. The second kappa shape index (κ2) is 4.96. The minimum atomic E-state index is -0.348. The number of halogens is 1. The first kappa shape index (κ1) is 11.6. The van der Waals surface area contributed by atoms with E-state index in [1.807, 2.05) is 0 Å². The van der Waals surface area contributed by atoms with Gasteiger partial charge in [0.05, 0.1) is 11.6 Å². The van der Waals surface area contributed by atoms with Crippen LogP contribution >= 0.6 is 15.9 Å². The van der Waals surface area contributed by atoms with E-state index in [1.165, 1.54) is 6.33 Å². The van der Waals surface area contributed by atoms with Crippen molar-refractivity contribution in [2.24, 2.45) is 0 Å². The van der Waals surface area contributed by atoms with Gasteiger partial charge in [-0.05, 0) is 34.1 Å². The van der Waals surface area contributed by atoms with Crippen molar-refractivity contribution >= 4 is 27.5 Å². The number of benzene rings is 1. The van der Waals surface area contributed by atoms with Crippen LogP contribution in [0.2, 0.25) is 0 Å². The van der Waals surface area contributed by atoms with E-state index in [2.05, 4.69) is 36.4 Å². The zero-order chi connectivity index (χ0) is 12.3. The number of hydrogen-bond donors (Lipinski definition) is 2. The maximum Gasteiger partial charge on any atom is 0.292 e. The molecule has 0 aliphatic carbocycles. The summed E-state index contributed by atoms with van der Waals surface area (Å²) in [5.41, 5.74) is 0.638. The van der Waals surface area contributed by atoms with Gasteiger partial charge in [0.25, 0.3) is 5.91 Å². The third kappa shape index (κ3) is 2.62. The number of carbonyl (C=O) groups is 1. The number of hydrogen-bond acceptors (Lipinski definition) is 4. The van der Waals surface area contributed by atoms with Crippen molar-refractivity contribution in [3.8, 4) is 5.75 Å². The number of anilines is 1. The summed E-state index contributed by atoms with van der Waals surface area (Å²) in [5, 5.41) is 8.77. The van der Waals surface area contributed by atoms with E-state index >= 15 is 0 Å². The number of nitrogens with zero attached hydrogens (tertiary/aromatic N) is 2. The molecule has 0 saturated heterocycles. The van der Waals surface area contributed by atoms with Crippen LogP contribution in [0.25, 0.3) is 0 Å². The molecule has 1 amide bonds. The zero-order valence-electron chi connectivity index (χ0n) is 8.90. The van der Waals surface area contributed by atoms with Crippen LogP contribution in [-0.2, 0) is 0 Å². The zero-order valence-corrected chi connectivity index (χ0v) is 10.5. The Morgan fingerprint density at radius 3 is 2.94 bits per heavy atom. The number of H-pyrrole nitrogens is 1. The summed E-state index contributed by atoms with van der Waals surface area (Å²) in [6, 6.07) is 5.23. The second-order valence-corrected chi connectivity index (χ2v) is 3.99. The molecule has 17 heavy (non-hydrogen) atoms. The van der Waals surface area contributed by atoms with Crippen LogP contribution in [0.4, 0.5) is 5.69 Å². The van der Waals surface area contributed by atoms with Crippen molar-refractivity contribution in [2.45, 2.75) is 0 Å². The van der Waals surface area contributed by atoms with E-state index in [4.69, 9.17) is 4.74 Å². The largest absolute Gasteiger partial charge is 0.496 e. The lowest BCUT2D eigenvalue weighted by Gasteiger charge is -2.06. The fourth-order valence-electron chi connectivity index (χ4n) is 1.25. The molecule has 0 spiro atoms. The number of ether oxygens (including phenoxy) is 1. The molecular weight excluding hydrogens is 288 g/mol. The van der Waals surface area contributed by atoms with E-state index in [9.17, 15) is 4.79 Å². The van der Waals surface area contributed by atoms with Gasteiger partial charge < -0.3 is 10.1 Å². The molecule has 2 rings (SSSR count). The quantitative estimate of drug-likeness (QED) is 0.905. The van der Waals surface area contributed by atoms with Crippen molar-refractivity contribution in [1.82, 2.24) is 15.2 Å². The molecule has 0 atom stereocenters. The molecular formula is C10H9BrN4O2. The highest BCUT2D eigenvalue weighted by Crippen LogP contribution is 2.27. The molecule has 1 aromatic carbocycles. The maximum atomic E-state index is 11.6. The van der Waals surface area contributed by atoms with Gasteiger partial charge in [-0.3, -0.25) is 9.89 Å². The van der Waals surface area contributed by atoms with Crippen LogP contribution in [-0.4, -0.2) is 28.2 Å². The van der Waals surface area contributed by atoms with Crippen LogP contribution in [0.3, 0.4) is 0 Å². The van der Waals surface area contributed by atoms with Crippen molar-refractivity contribution in [3.63, 3.8) is 0 Å². The minimum absolute atomic E-state index is 0.164. The Morgan fingerprint density at radius 1 is 1.53 bits per heavy atom. The lowest BCUT2D eigenvalue weighted by atomic mass is 10.3. The fourth-order valence-corrected chi connectivity index (χ4v) is 1.79.